The minimum absolute atomic E-state index is 0.294. The molecule has 0 aliphatic carbocycles. The van der Waals surface area contributed by atoms with E-state index >= 15 is 0 Å². The Balaban J connectivity index is 2.15. The summed E-state index contributed by atoms with van der Waals surface area (Å²) in [5.74, 6) is 4.12. The number of carbonyl (C=O) groups is 1. The van der Waals surface area contributed by atoms with Crippen LogP contribution < -0.4 is 0 Å². The Kier molecular flexibility index (Phi) is 4.24. The van der Waals surface area contributed by atoms with Crippen molar-refractivity contribution in [3.63, 3.8) is 0 Å². The fourth-order valence-electron chi connectivity index (χ4n) is 1.36. The first kappa shape index (κ1) is 9.67. The lowest BCUT2D eigenvalue weighted by Gasteiger charge is -2.05. The van der Waals surface area contributed by atoms with Crippen molar-refractivity contribution in [1.29, 1.82) is 0 Å². The first-order valence-corrected chi connectivity index (χ1v) is 5.47. The van der Waals surface area contributed by atoms with Crippen molar-refractivity contribution in [3.05, 3.63) is 0 Å². The van der Waals surface area contributed by atoms with E-state index in [2.05, 4.69) is 5.92 Å². The third kappa shape index (κ3) is 2.91. The van der Waals surface area contributed by atoms with E-state index in [4.69, 9.17) is 6.42 Å². The highest BCUT2D eigenvalue weighted by molar-refractivity contribution is 8.00. The number of hydrogen-bond acceptors (Lipinski definition) is 2. The molecule has 0 aromatic rings. The predicted octanol–water partition coefficient (Wildman–Crippen LogP) is 2.25. The molecule has 1 atom stereocenters. The summed E-state index contributed by atoms with van der Waals surface area (Å²) in [4.78, 5) is 11.4. The maximum absolute atomic E-state index is 11.4. The monoisotopic (exact) mass is 182 g/mol. The molecule has 0 amide bonds. The van der Waals surface area contributed by atoms with E-state index in [0.717, 1.165) is 25.0 Å². The predicted molar refractivity (Wildman–Crippen MR) is 53.2 cm³/mol. The average molecular weight is 182 g/mol. The largest absolute Gasteiger partial charge is 0.298 e. The van der Waals surface area contributed by atoms with Gasteiger partial charge >= 0.3 is 0 Å². The minimum Gasteiger partial charge on any atom is -0.298 e. The molecular weight excluding hydrogens is 168 g/mol. The van der Waals surface area contributed by atoms with Crippen molar-refractivity contribution in [2.24, 2.45) is 0 Å². The Bertz CT molecular complexity index is 187. The highest BCUT2D eigenvalue weighted by Crippen LogP contribution is 2.27. The molecule has 0 radical (unpaired) electrons. The molecule has 0 bridgehead atoms. The van der Waals surface area contributed by atoms with Crippen molar-refractivity contribution in [1.82, 2.24) is 0 Å². The quantitative estimate of drug-likeness (QED) is 0.490. The molecule has 1 rings (SSSR count). The molecule has 1 nitrogen and oxygen atoms in total. The molecule has 1 saturated heterocycles. The zero-order valence-electron chi connectivity index (χ0n) is 7.21. The number of hydrogen-bond donors (Lipinski definition) is 0. The number of ketones is 1. The van der Waals surface area contributed by atoms with Crippen LogP contribution in [-0.2, 0) is 4.79 Å². The van der Waals surface area contributed by atoms with E-state index < -0.39 is 0 Å². The third-order valence-corrected chi connectivity index (χ3v) is 3.46. The summed E-state index contributed by atoms with van der Waals surface area (Å²) < 4.78 is 0. The maximum atomic E-state index is 11.4. The van der Waals surface area contributed by atoms with Gasteiger partial charge in [-0.2, -0.15) is 11.8 Å². The van der Waals surface area contributed by atoms with Gasteiger partial charge in [-0.1, -0.05) is 0 Å². The van der Waals surface area contributed by atoms with Gasteiger partial charge in [-0.25, -0.2) is 0 Å². The normalized spacial score (nSPS) is 22.1. The van der Waals surface area contributed by atoms with Gasteiger partial charge in [0.2, 0.25) is 0 Å². The van der Waals surface area contributed by atoms with Crippen molar-refractivity contribution < 1.29 is 4.79 Å². The van der Waals surface area contributed by atoms with E-state index in [0.29, 0.717) is 17.5 Å². The van der Waals surface area contributed by atoms with E-state index in [1.807, 2.05) is 11.8 Å². The molecule has 12 heavy (non-hydrogen) atoms. The first-order valence-electron chi connectivity index (χ1n) is 4.42. The van der Waals surface area contributed by atoms with E-state index in [-0.39, 0.29) is 0 Å². The van der Waals surface area contributed by atoms with Crippen LogP contribution in [0.1, 0.15) is 32.1 Å². The summed E-state index contributed by atoms with van der Waals surface area (Å²) in [6.07, 6.45) is 9.68. The summed E-state index contributed by atoms with van der Waals surface area (Å²) in [6, 6.07) is 0. The van der Waals surface area contributed by atoms with Crippen molar-refractivity contribution in [2.75, 3.05) is 5.75 Å². The number of carbonyl (C=O) groups excluding carboxylic acids is 1. The Hall–Kier alpha value is -0.420. The minimum atomic E-state index is 0.294. The van der Waals surface area contributed by atoms with Gasteiger partial charge in [0.05, 0.1) is 5.25 Å². The van der Waals surface area contributed by atoms with Crippen LogP contribution in [0.4, 0.5) is 0 Å². The molecule has 0 aromatic heterocycles. The van der Waals surface area contributed by atoms with E-state index in [9.17, 15) is 4.79 Å². The van der Waals surface area contributed by atoms with Crippen LogP contribution in [0.15, 0.2) is 0 Å². The first-order chi connectivity index (χ1) is 5.84. The topological polar surface area (TPSA) is 17.1 Å². The molecule has 2 heteroatoms. The Morgan fingerprint density at radius 3 is 3.08 bits per heavy atom. The summed E-state index contributed by atoms with van der Waals surface area (Å²) in [5.41, 5.74) is 0. The zero-order valence-corrected chi connectivity index (χ0v) is 8.03. The SMILES string of the molecule is C#CCCCC(=O)C1CCCS1. The highest BCUT2D eigenvalue weighted by Gasteiger charge is 2.22. The number of Topliss-reactive ketones (excluding diaryl/α,β-unsaturated/α-hetero) is 1. The van der Waals surface area contributed by atoms with Crippen LogP contribution in [0.3, 0.4) is 0 Å². The lowest BCUT2D eigenvalue weighted by molar-refractivity contribution is -0.118. The van der Waals surface area contributed by atoms with Crippen LogP contribution in [0, 0.1) is 12.3 Å². The molecule has 66 valence electrons. The van der Waals surface area contributed by atoms with Gasteiger partial charge in [0.25, 0.3) is 0 Å². The smallest absolute Gasteiger partial charge is 0.145 e. The Labute approximate surface area is 78.3 Å². The van der Waals surface area contributed by atoms with Gasteiger partial charge in [0.15, 0.2) is 0 Å². The third-order valence-electron chi connectivity index (χ3n) is 2.03. The van der Waals surface area contributed by atoms with Gasteiger partial charge < -0.3 is 0 Å². The molecule has 0 N–H and O–H groups in total. The Morgan fingerprint density at radius 2 is 2.50 bits per heavy atom. The van der Waals surface area contributed by atoms with Crippen LogP contribution in [-0.4, -0.2) is 16.8 Å². The fourth-order valence-corrected chi connectivity index (χ4v) is 2.61. The number of rotatable bonds is 4. The summed E-state index contributed by atoms with van der Waals surface area (Å²) in [7, 11) is 0. The highest BCUT2D eigenvalue weighted by atomic mass is 32.2. The van der Waals surface area contributed by atoms with Gasteiger partial charge in [-0.15, -0.1) is 12.3 Å². The number of thioether (sulfide) groups is 1. The van der Waals surface area contributed by atoms with Crippen molar-refractivity contribution >= 4 is 17.5 Å². The number of terminal acetylenes is 1. The van der Waals surface area contributed by atoms with Crippen LogP contribution in [0.5, 0.6) is 0 Å². The molecule has 1 aliphatic heterocycles. The average Bonchev–Trinajstić information content (AvgIpc) is 2.56. The maximum Gasteiger partial charge on any atom is 0.145 e. The Morgan fingerprint density at radius 1 is 1.67 bits per heavy atom. The molecule has 1 fully saturated rings. The second-order valence-corrected chi connectivity index (χ2v) is 4.34. The van der Waals surface area contributed by atoms with E-state index in [1.165, 1.54) is 6.42 Å². The molecule has 0 saturated carbocycles. The lowest BCUT2D eigenvalue weighted by Crippen LogP contribution is -2.12. The molecule has 1 aliphatic rings. The van der Waals surface area contributed by atoms with Crippen LogP contribution >= 0.6 is 11.8 Å². The van der Waals surface area contributed by atoms with Crippen LogP contribution in [0.25, 0.3) is 0 Å². The second-order valence-electron chi connectivity index (χ2n) is 3.03. The van der Waals surface area contributed by atoms with Gasteiger partial charge in [0.1, 0.15) is 5.78 Å². The molecule has 1 unspecified atom stereocenters. The number of unbranched alkanes of at least 4 members (excludes halogenated alkanes) is 1. The summed E-state index contributed by atoms with van der Waals surface area (Å²) >= 11 is 1.81. The van der Waals surface area contributed by atoms with Gasteiger partial charge in [-0.3, -0.25) is 4.79 Å². The molecular formula is C10H14OS. The molecule has 0 aromatic carbocycles. The van der Waals surface area contributed by atoms with Crippen molar-refractivity contribution in [2.45, 2.75) is 37.4 Å². The lowest BCUT2D eigenvalue weighted by atomic mass is 10.1. The summed E-state index contributed by atoms with van der Waals surface area (Å²) in [5, 5.41) is 0.294. The molecule has 0 spiro atoms. The fraction of sp³-hybridized carbons (Fsp3) is 0.700. The zero-order chi connectivity index (χ0) is 8.81. The standard InChI is InChI=1S/C10H14OS/c1-2-3-4-6-9(11)10-7-5-8-12-10/h1,10H,3-8H2. The van der Waals surface area contributed by atoms with Crippen molar-refractivity contribution in [3.8, 4) is 12.3 Å². The second kappa shape index (κ2) is 5.27. The summed E-state index contributed by atoms with van der Waals surface area (Å²) in [6.45, 7) is 0. The van der Waals surface area contributed by atoms with E-state index in [1.54, 1.807) is 0 Å². The van der Waals surface area contributed by atoms with Crippen LogP contribution in [0.2, 0.25) is 0 Å². The van der Waals surface area contributed by atoms with Gasteiger partial charge in [0, 0.05) is 12.8 Å². The molecule has 1 heterocycles. The van der Waals surface area contributed by atoms with Gasteiger partial charge in [-0.05, 0) is 25.0 Å².